The van der Waals surface area contributed by atoms with Gasteiger partial charge in [-0.25, -0.2) is 0 Å². The lowest BCUT2D eigenvalue weighted by Crippen LogP contribution is -2.57. The first-order valence-corrected chi connectivity index (χ1v) is 7.35. The van der Waals surface area contributed by atoms with E-state index in [1.807, 2.05) is 19.9 Å². The van der Waals surface area contributed by atoms with Crippen molar-refractivity contribution in [2.45, 2.75) is 64.8 Å². The average molecular weight is 261 g/mol. The van der Waals surface area contributed by atoms with Crippen LogP contribution in [0.4, 0.5) is 0 Å². The minimum Gasteiger partial charge on any atom is -0.387 e. The summed E-state index contributed by atoms with van der Waals surface area (Å²) in [6.45, 7) is 6.23. The molecule has 1 unspecified atom stereocenters. The van der Waals surface area contributed by atoms with Crippen LogP contribution in [0.3, 0.4) is 0 Å². The zero-order valence-corrected chi connectivity index (χ0v) is 12.0. The zero-order chi connectivity index (χ0) is 13.8. The Morgan fingerprint density at radius 2 is 2.00 bits per heavy atom. The molecule has 0 amide bonds. The van der Waals surface area contributed by atoms with Gasteiger partial charge in [0.1, 0.15) is 0 Å². The van der Waals surface area contributed by atoms with Gasteiger partial charge in [0.05, 0.1) is 30.0 Å². The van der Waals surface area contributed by atoms with Crippen LogP contribution in [0.2, 0.25) is 0 Å². The van der Waals surface area contributed by atoms with Crippen molar-refractivity contribution >= 4 is 0 Å². The number of ether oxygens (including phenoxy) is 1. The van der Waals surface area contributed by atoms with Crippen molar-refractivity contribution in [2.24, 2.45) is 16.7 Å². The normalized spacial score (nSPS) is 45.0. The van der Waals surface area contributed by atoms with Crippen LogP contribution in [-0.2, 0) is 4.74 Å². The van der Waals surface area contributed by atoms with Gasteiger partial charge in [-0.2, -0.15) is 5.26 Å². The summed E-state index contributed by atoms with van der Waals surface area (Å²) in [6, 6.07) is 2.17. The first kappa shape index (κ1) is 13.1. The molecule has 19 heavy (non-hydrogen) atoms. The van der Waals surface area contributed by atoms with Crippen molar-refractivity contribution in [1.82, 2.24) is 0 Å². The van der Waals surface area contributed by atoms with Crippen molar-refractivity contribution in [2.75, 3.05) is 0 Å². The molecule has 1 heterocycles. The Morgan fingerprint density at radius 1 is 1.32 bits per heavy atom. The number of aliphatic hydroxyl groups is 1. The standard InChI is InChI=1S/C16H23NO2/c1-15(2)13(18)11(9-17)8-16(3)7-6-12(10-4-5-10)19-14(15)16/h8,10,12-14,18H,4-7H2,1-3H3/t12-,13?,14-,16-/m0/s1. The quantitative estimate of drug-likeness (QED) is 0.789. The highest BCUT2D eigenvalue weighted by Crippen LogP contribution is 2.54. The van der Waals surface area contributed by atoms with Crippen molar-refractivity contribution in [3.8, 4) is 6.07 Å². The van der Waals surface area contributed by atoms with E-state index in [1.165, 1.54) is 12.8 Å². The molecule has 3 aliphatic rings. The second-order valence-electron chi connectivity index (χ2n) is 7.37. The molecular formula is C16H23NO2. The smallest absolute Gasteiger partial charge is 0.0971 e. The number of nitriles is 1. The number of fused-ring (bicyclic) bond motifs is 1. The van der Waals surface area contributed by atoms with Crippen molar-refractivity contribution in [3.05, 3.63) is 11.6 Å². The summed E-state index contributed by atoms with van der Waals surface area (Å²) in [4.78, 5) is 0. The number of aliphatic hydroxyl groups excluding tert-OH is 1. The molecule has 0 aromatic rings. The molecule has 1 aliphatic heterocycles. The Morgan fingerprint density at radius 3 is 2.58 bits per heavy atom. The second kappa shape index (κ2) is 4.07. The van der Waals surface area contributed by atoms with Crippen LogP contribution in [0.15, 0.2) is 11.6 Å². The fourth-order valence-electron chi connectivity index (χ4n) is 4.04. The first-order valence-electron chi connectivity index (χ1n) is 7.35. The molecule has 1 N–H and O–H groups in total. The van der Waals surface area contributed by atoms with E-state index >= 15 is 0 Å². The molecule has 4 atom stereocenters. The minimum absolute atomic E-state index is 0.00597. The van der Waals surface area contributed by atoms with Gasteiger partial charge in [-0.3, -0.25) is 0 Å². The summed E-state index contributed by atoms with van der Waals surface area (Å²) in [5.74, 6) is 0.735. The van der Waals surface area contributed by atoms with Crippen LogP contribution in [0.5, 0.6) is 0 Å². The molecule has 0 aromatic heterocycles. The number of hydrogen-bond acceptors (Lipinski definition) is 3. The molecule has 0 aromatic carbocycles. The molecule has 0 spiro atoms. The molecule has 3 heteroatoms. The molecule has 2 fully saturated rings. The van der Waals surface area contributed by atoms with Gasteiger partial charge in [0.25, 0.3) is 0 Å². The van der Waals surface area contributed by atoms with E-state index < -0.39 is 11.5 Å². The van der Waals surface area contributed by atoms with Crippen LogP contribution >= 0.6 is 0 Å². The highest BCUT2D eigenvalue weighted by atomic mass is 16.5. The van der Waals surface area contributed by atoms with Gasteiger partial charge in [-0.1, -0.05) is 26.8 Å². The Labute approximate surface area is 115 Å². The van der Waals surface area contributed by atoms with Gasteiger partial charge >= 0.3 is 0 Å². The fourth-order valence-corrected chi connectivity index (χ4v) is 4.04. The summed E-state index contributed by atoms with van der Waals surface area (Å²) in [6.07, 6.45) is 6.34. The zero-order valence-electron chi connectivity index (χ0n) is 12.0. The van der Waals surface area contributed by atoms with E-state index in [2.05, 4.69) is 13.0 Å². The number of rotatable bonds is 1. The van der Waals surface area contributed by atoms with Gasteiger partial charge in [0, 0.05) is 10.8 Å². The van der Waals surface area contributed by atoms with E-state index in [-0.39, 0.29) is 11.5 Å². The van der Waals surface area contributed by atoms with Crippen LogP contribution < -0.4 is 0 Å². The van der Waals surface area contributed by atoms with Gasteiger partial charge < -0.3 is 9.84 Å². The van der Waals surface area contributed by atoms with Gasteiger partial charge in [0.2, 0.25) is 0 Å². The minimum atomic E-state index is -0.714. The predicted octanol–water partition coefficient (Wildman–Crippen LogP) is 2.80. The molecule has 0 bridgehead atoms. The Kier molecular flexibility index (Phi) is 2.82. The van der Waals surface area contributed by atoms with E-state index in [1.54, 1.807) is 0 Å². The maximum Gasteiger partial charge on any atom is 0.0971 e. The van der Waals surface area contributed by atoms with E-state index in [4.69, 9.17) is 4.74 Å². The molecule has 3 rings (SSSR count). The maximum atomic E-state index is 10.4. The molecule has 1 saturated heterocycles. The van der Waals surface area contributed by atoms with Crippen molar-refractivity contribution in [1.29, 1.82) is 5.26 Å². The van der Waals surface area contributed by atoms with Crippen molar-refractivity contribution < 1.29 is 9.84 Å². The molecule has 3 nitrogen and oxygen atoms in total. The SMILES string of the molecule is CC1(C)C(O)C(C#N)=C[C@]2(C)CC[C@@H](C3CC3)O[C@@H]12. The monoisotopic (exact) mass is 261 g/mol. The van der Waals surface area contributed by atoms with Crippen LogP contribution in [0.1, 0.15) is 46.5 Å². The van der Waals surface area contributed by atoms with Gasteiger partial charge in [0.15, 0.2) is 0 Å². The molecule has 104 valence electrons. The number of hydrogen-bond donors (Lipinski definition) is 1. The van der Waals surface area contributed by atoms with Gasteiger partial charge in [-0.15, -0.1) is 0 Å². The van der Waals surface area contributed by atoms with Gasteiger partial charge in [-0.05, 0) is 31.6 Å². The number of nitrogens with zero attached hydrogens (tertiary/aromatic N) is 1. The second-order valence-corrected chi connectivity index (χ2v) is 7.37. The fraction of sp³-hybridized carbons (Fsp3) is 0.812. The topological polar surface area (TPSA) is 53.2 Å². The Hall–Kier alpha value is -0.850. The third-order valence-corrected chi connectivity index (χ3v) is 5.31. The Balaban J connectivity index is 1.95. The van der Waals surface area contributed by atoms with Crippen molar-refractivity contribution in [3.63, 3.8) is 0 Å². The lowest BCUT2D eigenvalue weighted by Gasteiger charge is -2.54. The first-order chi connectivity index (χ1) is 8.88. The van der Waals surface area contributed by atoms with Crippen LogP contribution in [0, 0.1) is 28.1 Å². The molecule has 2 aliphatic carbocycles. The summed E-state index contributed by atoms with van der Waals surface area (Å²) < 4.78 is 6.38. The third-order valence-electron chi connectivity index (χ3n) is 5.31. The largest absolute Gasteiger partial charge is 0.387 e. The van der Waals surface area contributed by atoms with E-state index in [0.717, 1.165) is 18.8 Å². The summed E-state index contributed by atoms with van der Waals surface area (Å²) in [5.41, 5.74) is -0.00128. The highest BCUT2D eigenvalue weighted by molar-refractivity contribution is 5.35. The van der Waals surface area contributed by atoms with Crippen LogP contribution in [-0.4, -0.2) is 23.4 Å². The summed E-state index contributed by atoms with van der Waals surface area (Å²) >= 11 is 0. The Bertz CT molecular complexity index is 458. The summed E-state index contributed by atoms with van der Waals surface area (Å²) in [5, 5.41) is 19.6. The maximum absolute atomic E-state index is 10.4. The van der Waals surface area contributed by atoms with E-state index in [9.17, 15) is 10.4 Å². The third kappa shape index (κ3) is 1.93. The lowest BCUT2D eigenvalue weighted by atomic mass is 9.59. The van der Waals surface area contributed by atoms with E-state index in [0.29, 0.717) is 11.7 Å². The average Bonchev–Trinajstić information content (AvgIpc) is 3.18. The molecular weight excluding hydrogens is 238 g/mol. The summed E-state index contributed by atoms with van der Waals surface area (Å²) in [7, 11) is 0. The lowest BCUT2D eigenvalue weighted by molar-refractivity contribution is -0.188. The predicted molar refractivity (Wildman–Crippen MR) is 72.2 cm³/mol. The molecule has 0 radical (unpaired) electrons. The molecule has 1 saturated carbocycles. The van der Waals surface area contributed by atoms with Crippen LogP contribution in [0.25, 0.3) is 0 Å². The highest BCUT2D eigenvalue weighted by Gasteiger charge is 2.55.